The number of hydrogen-bond acceptors (Lipinski definition) is 4. The lowest BCUT2D eigenvalue weighted by Gasteiger charge is -2.39. The van der Waals surface area contributed by atoms with E-state index < -0.39 is 0 Å². The molecule has 1 aliphatic carbocycles. The van der Waals surface area contributed by atoms with Crippen molar-refractivity contribution in [3.63, 3.8) is 0 Å². The molecule has 1 heterocycles. The molecule has 76 valence electrons. The zero-order valence-electron chi connectivity index (χ0n) is 8.20. The van der Waals surface area contributed by atoms with Gasteiger partial charge in [-0.1, -0.05) is 19.3 Å². The predicted octanol–water partition coefficient (Wildman–Crippen LogP) is 1.24. The van der Waals surface area contributed by atoms with E-state index in [4.69, 9.17) is 0 Å². The largest absolute Gasteiger partial charge is 0.770 e. The second-order valence-electron chi connectivity index (χ2n) is 4.20. The summed E-state index contributed by atoms with van der Waals surface area (Å²) < 4.78 is 0. The van der Waals surface area contributed by atoms with Gasteiger partial charge in [0.15, 0.2) is 0 Å². The minimum Gasteiger partial charge on any atom is -0.770 e. The van der Waals surface area contributed by atoms with Crippen molar-refractivity contribution in [2.75, 3.05) is 6.54 Å². The average molecular weight is 184 g/mol. The standard InChI is InChI=1S/C9H18N3O/c1-8-7-11(13)12(10-8)9-5-3-2-4-6-9/h8-10H,2-7H2,1H3/q-1. The van der Waals surface area contributed by atoms with Crippen molar-refractivity contribution in [1.29, 1.82) is 0 Å². The molecule has 1 unspecified atom stereocenters. The fourth-order valence-corrected chi connectivity index (χ4v) is 2.27. The van der Waals surface area contributed by atoms with Gasteiger partial charge >= 0.3 is 0 Å². The maximum absolute atomic E-state index is 11.5. The van der Waals surface area contributed by atoms with E-state index in [1.807, 2.05) is 12.0 Å². The van der Waals surface area contributed by atoms with Crippen LogP contribution in [-0.2, 0) is 0 Å². The van der Waals surface area contributed by atoms with E-state index in [0.717, 1.165) is 5.17 Å². The number of hydroxylamine groups is 1. The first-order chi connectivity index (χ1) is 6.27. The summed E-state index contributed by atoms with van der Waals surface area (Å²) >= 11 is 0. The quantitative estimate of drug-likeness (QED) is 0.665. The highest BCUT2D eigenvalue weighted by molar-refractivity contribution is 4.80. The summed E-state index contributed by atoms with van der Waals surface area (Å²) in [6.45, 7) is 2.64. The van der Waals surface area contributed by atoms with Gasteiger partial charge in [0.05, 0.1) is 0 Å². The van der Waals surface area contributed by atoms with E-state index in [9.17, 15) is 5.21 Å². The molecule has 1 saturated heterocycles. The molecule has 2 aliphatic rings. The van der Waals surface area contributed by atoms with Crippen LogP contribution in [0.25, 0.3) is 0 Å². The van der Waals surface area contributed by atoms with Gasteiger partial charge in [0.2, 0.25) is 0 Å². The van der Waals surface area contributed by atoms with Crippen molar-refractivity contribution in [3.8, 4) is 0 Å². The van der Waals surface area contributed by atoms with Gasteiger partial charge in [0.1, 0.15) is 0 Å². The second kappa shape index (κ2) is 3.92. The normalized spacial score (nSPS) is 34.2. The highest BCUT2D eigenvalue weighted by Gasteiger charge is 2.28. The minimum atomic E-state index is 0.305. The summed E-state index contributed by atoms with van der Waals surface area (Å²) in [6.07, 6.45) is 6.20. The minimum absolute atomic E-state index is 0.305. The smallest absolute Gasteiger partial charge is 0.0392 e. The number of rotatable bonds is 1. The van der Waals surface area contributed by atoms with Crippen LogP contribution < -0.4 is 5.43 Å². The molecule has 0 amide bonds. The van der Waals surface area contributed by atoms with E-state index in [0.29, 0.717) is 18.6 Å². The van der Waals surface area contributed by atoms with E-state index in [1.54, 1.807) is 0 Å². The Bertz CT molecular complexity index is 170. The predicted molar refractivity (Wildman–Crippen MR) is 51.4 cm³/mol. The lowest BCUT2D eigenvalue weighted by atomic mass is 9.96. The van der Waals surface area contributed by atoms with Gasteiger partial charge in [-0.3, -0.25) is 0 Å². The molecule has 0 aromatic rings. The molecule has 4 nitrogen and oxygen atoms in total. The fraction of sp³-hybridized carbons (Fsp3) is 1.00. The Morgan fingerprint density at radius 1 is 1.23 bits per heavy atom. The van der Waals surface area contributed by atoms with Crippen molar-refractivity contribution in [2.24, 2.45) is 0 Å². The summed E-state index contributed by atoms with van der Waals surface area (Å²) in [5.41, 5.74) is 3.22. The van der Waals surface area contributed by atoms with Crippen molar-refractivity contribution >= 4 is 0 Å². The lowest BCUT2D eigenvalue weighted by Crippen LogP contribution is -2.48. The van der Waals surface area contributed by atoms with Crippen LogP contribution in [0, 0.1) is 5.21 Å². The molecule has 0 bridgehead atoms. The number of nitrogens with one attached hydrogen (secondary N) is 1. The van der Waals surface area contributed by atoms with Gasteiger partial charge in [-0.25, -0.2) is 5.43 Å². The summed E-state index contributed by atoms with van der Waals surface area (Å²) in [6, 6.07) is 0.746. The van der Waals surface area contributed by atoms with Gasteiger partial charge in [0.25, 0.3) is 0 Å². The van der Waals surface area contributed by atoms with Crippen molar-refractivity contribution in [1.82, 2.24) is 15.7 Å². The molecule has 4 heteroatoms. The molecule has 1 N–H and O–H groups in total. The lowest BCUT2D eigenvalue weighted by molar-refractivity contribution is -0.0287. The summed E-state index contributed by atoms with van der Waals surface area (Å²) in [5, 5.41) is 14.4. The van der Waals surface area contributed by atoms with E-state index in [-0.39, 0.29) is 0 Å². The zero-order valence-corrected chi connectivity index (χ0v) is 8.20. The monoisotopic (exact) mass is 184 g/mol. The highest BCUT2D eigenvalue weighted by Crippen LogP contribution is 2.24. The molecular weight excluding hydrogens is 166 g/mol. The van der Waals surface area contributed by atoms with Crippen LogP contribution in [0.5, 0.6) is 0 Å². The van der Waals surface area contributed by atoms with Gasteiger partial charge in [0, 0.05) is 18.6 Å². The highest BCUT2D eigenvalue weighted by atomic mass is 16.6. The molecule has 0 aromatic carbocycles. The van der Waals surface area contributed by atoms with Crippen LogP contribution in [0.4, 0.5) is 0 Å². The molecule has 13 heavy (non-hydrogen) atoms. The van der Waals surface area contributed by atoms with Crippen molar-refractivity contribution in [3.05, 3.63) is 5.21 Å². The number of nitrogens with zero attached hydrogens (tertiary/aromatic N) is 2. The Kier molecular flexibility index (Phi) is 2.83. The molecular formula is C9H18N3O-. The third-order valence-electron chi connectivity index (χ3n) is 2.94. The Morgan fingerprint density at radius 2 is 1.92 bits per heavy atom. The Hall–Kier alpha value is -0.160. The summed E-state index contributed by atoms with van der Waals surface area (Å²) in [5.74, 6) is 0. The van der Waals surface area contributed by atoms with Crippen LogP contribution in [0.15, 0.2) is 0 Å². The Labute approximate surface area is 79.4 Å². The third-order valence-corrected chi connectivity index (χ3v) is 2.94. The molecule has 2 rings (SSSR count). The van der Waals surface area contributed by atoms with Crippen molar-refractivity contribution < 1.29 is 0 Å². The Morgan fingerprint density at radius 3 is 2.46 bits per heavy atom. The number of hydrogen-bond donors (Lipinski definition) is 1. The molecule has 1 saturated carbocycles. The van der Waals surface area contributed by atoms with Gasteiger partial charge < -0.3 is 10.4 Å². The molecule has 0 radical (unpaired) electrons. The SMILES string of the molecule is CC1CN([O-])N(C2CCCCC2)N1. The zero-order chi connectivity index (χ0) is 9.26. The van der Waals surface area contributed by atoms with Crippen LogP contribution >= 0.6 is 0 Å². The topological polar surface area (TPSA) is 41.6 Å². The average Bonchev–Trinajstić information content (AvgIpc) is 2.47. The first-order valence-electron chi connectivity index (χ1n) is 5.27. The maximum atomic E-state index is 11.5. The molecule has 1 atom stereocenters. The maximum Gasteiger partial charge on any atom is 0.0392 e. The van der Waals surface area contributed by atoms with Crippen molar-refractivity contribution in [2.45, 2.75) is 51.1 Å². The van der Waals surface area contributed by atoms with Crippen LogP contribution in [-0.4, -0.2) is 28.9 Å². The van der Waals surface area contributed by atoms with E-state index >= 15 is 0 Å². The summed E-state index contributed by atoms with van der Waals surface area (Å²) in [4.78, 5) is 0. The van der Waals surface area contributed by atoms with Gasteiger partial charge in [-0.2, -0.15) is 5.12 Å². The number of hydrazine groups is 2. The fourth-order valence-electron chi connectivity index (χ4n) is 2.27. The second-order valence-corrected chi connectivity index (χ2v) is 4.20. The Balaban J connectivity index is 1.91. The first-order valence-corrected chi connectivity index (χ1v) is 5.27. The molecule has 0 aromatic heterocycles. The molecule has 2 fully saturated rings. The van der Waals surface area contributed by atoms with Crippen LogP contribution in [0.2, 0.25) is 0 Å². The van der Waals surface area contributed by atoms with Gasteiger partial charge in [-0.05, 0) is 19.8 Å². The van der Waals surface area contributed by atoms with E-state index in [2.05, 4.69) is 5.43 Å². The molecule has 0 spiro atoms. The first kappa shape index (κ1) is 9.40. The summed E-state index contributed by atoms with van der Waals surface area (Å²) in [7, 11) is 0. The van der Waals surface area contributed by atoms with E-state index in [1.165, 1.54) is 32.1 Å². The van der Waals surface area contributed by atoms with Gasteiger partial charge in [-0.15, -0.1) is 0 Å². The molecule has 1 aliphatic heterocycles. The van der Waals surface area contributed by atoms with Crippen LogP contribution in [0.1, 0.15) is 39.0 Å². The van der Waals surface area contributed by atoms with Crippen LogP contribution in [0.3, 0.4) is 0 Å². The third kappa shape index (κ3) is 2.02.